The molecule has 1 heterocycles. The maximum Gasteiger partial charge on any atom is 0.136 e. The fourth-order valence-electron chi connectivity index (χ4n) is 0.959. The van der Waals surface area contributed by atoms with Crippen molar-refractivity contribution in [2.24, 2.45) is 0 Å². The standard InChI is InChI=1S/C10H18N2OS2/c1-7-6-14-9(11-7)8(2)12-15(13)10(3,4)5/h6,8,12H,1-5H3/t8-,15?/m0/s1. The summed E-state index contributed by atoms with van der Waals surface area (Å²) in [4.78, 5) is 4.37. The molecule has 1 aromatic rings. The molecule has 0 spiro atoms. The molecule has 0 aliphatic rings. The Morgan fingerprint density at radius 2 is 2.13 bits per heavy atom. The number of hydrogen-bond donors (Lipinski definition) is 1. The van der Waals surface area contributed by atoms with Gasteiger partial charge in [0, 0.05) is 22.4 Å². The SMILES string of the molecule is Cc1csc([C@H](C)N[S+]([O-])C(C)(C)C)n1. The van der Waals surface area contributed by atoms with E-state index in [4.69, 9.17) is 0 Å². The van der Waals surface area contributed by atoms with Crippen LogP contribution < -0.4 is 4.72 Å². The van der Waals surface area contributed by atoms with E-state index in [9.17, 15) is 4.55 Å². The highest BCUT2D eigenvalue weighted by Gasteiger charge is 2.28. The number of aryl methyl sites for hydroxylation is 1. The molecule has 2 atom stereocenters. The van der Waals surface area contributed by atoms with Gasteiger partial charge in [-0.1, -0.05) is 0 Å². The average molecular weight is 246 g/mol. The third kappa shape index (κ3) is 3.75. The number of nitrogens with zero attached hydrogens (tertiary/aromatic N) is 1. The van der Waals surface area contributed by atoms with Crippen LogP contribution in [0.15, 0.2) is 5.38 Å². The molecule has 0 aliphatic heterocycles. The predicted molar refractivity (Wildman–Crippen MR) is 66.3 cm³/mol. The van der Waals surface area contributed by atoms with Gasteiger partial charge in [-0.2, -0.15) is 0 Å². The van der Waals surface area contributed by atoms with Crippen LogP contribution in [-0.2, 0) is 11.4 Å². The second-order valence-corrected chi connectivity index (χ2v) is 7.44. The highest BCUT2D eigenvalue weighted by molar-refractivity contribution is 7.90. The minimum atomic E-state index is -1.04. The Balaban J connectivity index is 2.60. The zero-order valence-electron chi connectivity index (χ0n) is 9.83. The summed E-state index contributed by atoms with van der Waals surface area (Å²) in [5.41, 5.74) is 1.02. The molecule has 0 fully saturated rings. The van der Waals surface area contributed by atoms with Gasteiger partial charge in [0.1, 0.15) is 15.8 Å². The molecule has 0 amide bonds. The van der Waals surface area contributed by atoms with E-state index in [1.807, 2.05) is 40.0 Å². The summed E-state index contributed by atoms with van der Waals surface area (Å²) in [6, 6.07) is 0.0451. The van der Waals surface area contributed by atoms with E-state index in [0.717, 1.165) is 10.7 Å². The van der Waals surface area contributed by atoms with Crippen molar-refractivity contribution in [1.82, 2.24) is 9.71 Å². The zero-order valence-corrected chi connectivity index (χ0v) is 11.5. The van der Waals surface area contributed by atoms with Gasteiger partial charge in [-0.15, -0.1) is 16.1 Å². The van der Waals surface area contributed by atoms with Crippen LogP contribution in [0.25, 0.3) is 0 Å². The third-order valence-electron chi connectivity index (χ3n) is 1.85. The molecule has 0 radical (unpaired) electrons. The quantitative estimate of drug-likeness (QED) is 0.834. The topological polar surface area (TPSA) is 48.0 Å². The summed E-state index contributed by atoms with van der Waals surface area (Å²) in [6.45, 7) is 9.82. The fraction of sp³-hybridized carbons (Fsp3) is 0.700. The lowest BCUT2D eigenvalue weighted by molar-refractivity contribution is 0.530. The minimum absolute atomic E-state index is 0.0451. The number of thiazole rings is 1. The lowest BCUT2D eigenvalue weighted by Gasteiger charge is -2.25. The second kappa shape index (κ2) is 4.82. The van der Waals surface area contributed by atoms with Crippen molar-refractivity contribution in [3.63, 3.8) is 0 Å². The lowest BCUT2D eigenvalue weighted by Crippen LogP contribution is -2.40. The molecule has 15 heavy (non-hydrogen) atoms. The largest absolute Gasteiger partial charge is 0.598 e. The van der Waals surface area contributed by atoms with Crippen LogP contribution in [0.1, 0.15) is 44.4 Å². The summed E-state index contributed by atoms with van der Waals surface area (Å²) in [5, 5.41) is 3.00. The predicted octanol–water partition coefficient (Wildman–Crippen LogP) is 2.56. The maximum absolute atomic E-state index is 11.8. The van der Waals surface area contributed by atoms with E-state index < -0.39 is 11.4 Å². The Morgan fingerprint density at radius 3 is 2.53 bits per heavy atom. The molecule has 3 nitrogen and oxygen atoms in total. The average Bonchev–Trinajstić information content (AvgIpc) is 2.50. The molecule has 1 rings (SSSR count). The highest BCUT2D eigenvalue weighted by Crippen LogP contribution is 2.21. The Kier molecular flexibility index (Phi) is 4.17. The van der Waals surface area contributed by atoms with Crippen molar-refractivity contribution < 1.29 is 4.55 Å². The molecule has 1 unspecified atom stereocenters. The van der Waals surface area contributed by atoms with Crippen molar-refractivity contribution in [1.29, 1.82) is 0 Å². The molecular formula is C10H18N2OS2. The Hall–Kier alpha value is -0.100. The highest BCUT2D eigenvalue weighted by atomic mass is 32.2. The lowest BCUT2D eigenvalue weighted by atomic mass is 10.3. The fourth-order valence-corrected chi connectivity index (χ4v) is 2.62. The summed E-state index contributed by atoms with van der Waals surface area (Å²) in [7, 11) is 0. The van der Waals surface area contributed by atoms with Crippen LogP contribution >= 0.6 is 11.3 Å². The summed E-state index contributed by atoms with van der Waals surface area (Å²) >= 11 is 0.560. The smallest absolute Gasteiger partial charge is 0.136 e. The third-order valence-corrected chi connectivity index (χ3v) is 4.67. The van der Waals surface area contributed by atoms with Gasteiger partial charge in [0.05, 0.1) is 0 Å². The van der Waals surface area contributed by atoms with E-state index in [1.54, 1.807) is 11.3 Å². The van der Waals surface area contributed by atoms with E-state index in [0.29, 0.717) is 0 Å². The van der Waals surface area contributed by atoms with E-state index in [-0.39, 0.29) is 10.8 Å². The normalized spacial score (nSPS) is 16.4. The molecule has 1 aromatic heterocycles. The van der Waals surface area contributed by atoms with Crippen LogP contribution in [0.5, 0.6) is 0 Å². The number of nitrogens with one attached hydrogen (secondary N) is 1. The van der Waals surface area contributed by atoms with Crippen LogP contribution in [0, 0.1) is 6.92 Å². The van der Waals surface area contributed by atoms with Crippen molar-refractivity contribution >= 4 is 22.7 Å². The van der Waals surface area contributed by atoms with Gasteiger partial charge in [-0.25, -0.2) is 4.98 Å². The Morgan fingerprint density at radius 1 is 1.53 bits per heavy atom. The summed E-state index contributed by atoms with van der Waals surface area (Å²) < 4.78 is 14.7. The minimum Gasteiger partial charge on any atom is -0.598 e. The molecule has 0 saturated carbocycles. The van der Waals surface area contributed by atoms with Gasteiger partial charge >= 0.3 is 0 Å². The van der Waals surface area contributed by atoms with Crippen LogP contribution in [-0.4, -0.2) is 14.3 Å². The van der Waals surface area contributed by atoms with Crippen molar-refractivity contribution in [3.8, 4) is 0 Å². The Bertz CT molecular complexity index is 319. The van der Waals surface area contributed by atoms with Gasteiger partial charge in [0.15, 0.2) is 0 Å². The number of rotatable bonds is 3. The van der Waals surface area contributed by atoms with E-state index in [1.165, 1.54) is 0 Å². The molecule has 0 saturated heterocycles. The number of hydrogen-bond acceptors (Lipinski definition) is 4. The van der Waals surface area contributed by atoms with Gasteiger partial charge in [-0.3, -0.25) is 0 Å². The van der Waals surface area contributed by atoms with Gasteiger partial charge in [-0.05, 0) is 34.6 Å². The zero-order chi connectivity index (χ0) is 11.6. The van der Waals surface area contributed by atoms with Crippen LogP contribution in [0.3, 0.4) is 0 Å². The van der Waals surface area contributed by atoms with Gasteiger partial charge in [0.2, 0.25) is 0 Å². The van der Waals surface area contributed by atoms with E-state index in [2.05, 4.69) is 9.71 Å². The first kappa shape index (κ1) is 13.0. The molecule has 0 bridgehead atoms. The first-order valence-corrected chi connectivity index (χ1v) is 6.93. The maximum atomic E-state index is 11.8. The summed E-state index contributed by atoms with van der Waals surface area (Å²) in [5.74, 6) is 0. The number of aromatic nitrogens is 1. The van der Waals surface area contributed by atoms with Crippen molar-refractivity contribution in [3.05, 3.63) is 16.1 Å². The molecule has 86 valence electrons. The van der Waals surface area contributed by atoms with Crippen molar-refractivity contribution in [2.75, 3.05) is 0 Å². The van der Waals surface area contributed by atoms with Gasteiger partial charge in [0.25, 0.3) is 0 Å². The Labute approximate surface area is 98.6 Å². The van der Waals surface area contributed by atoms with Crippen molar-refractivity contribution in [2.45, 2.75) is 45.4 Å². The molecule has 1 N–H and O–H groups in total. The summed E-state index contributed by atoms with van der Waals surface area (Å²) in [6.07, 6.45) is 0. The van der Waals surface area contributed by atoms with E-state index >= 15 is 0 Å². The molecular weight excluding hydrogens is 228 g/mol. The molecule has 0 aromatic carbocycles. The van der Waals surface area contributed by atoms with Crippen LogP contribution in [0.4, 0.5) is 0 Å². The molecule has 0 aliphatic carbocycles. The first-order chi connectivity index (χ1) is 6.80. The second-order valence-electron chi connectivity index (χ2n) is 4.55. The van der Waals surface area contributed by atoms with Gasteiger partial charge < -0.3 is 4.55 Å². The molecule has 5 heteroatoms. The first-order valence-electron chi connectivity index (χ1n) is 4.91. The van der Waals surface area contributed by atoms with Crippen LogP contribution in [0.2, 0.25) is 0 Å². The monoisotopic (exact) mass is 246 g/mol.